The molecule has 0 amide bonds. The zero-order valence-corrected chi connectivity index (χ0v) is 15.5. The molecule has 0 radical (unpaired) electrons. The van der Waals surface area contributed by atoms with Crippen LogP contribution < -0.4 is 5.73 Å². The average molecular weight is 399 g/mol. The Hall–Kier alpha value is -0.400. The monoisotopic (exact) mass is 398 g/mol. The molecule has 2 heterocycles. The highest BCUT2D eigenvalue weighted by atomic mass is 79.9. The Balaban J connectivity index is 1.90. The first-order valence-corrected chi connectivity index (χ1v) is 10.0. The minimum Gasteiger partial charge on any atom is -0.326 e. The minimum absolute atomic E-state index is 0.132. The summed E-state index contributed by atoms with van der Waals surface area (Å²) in [5.74, 6) is 0. The highest BCUT2D eigenvalue weighted by molar-refractivity contribution is 9.11. The van der Waals surface area contributed by atoms with Crippen LogP contribution in [0.25, 0.3) is 10.2 Å². The summed E-state index contributed by atoms with van der Waals surface area (Å²) in [6.45, 7) is 2.14. The molecule has 0 saturated heterocycles. The van der Waals surface area contributed by atoms with E-state index in [1.165, 1.54) is 9.58 Å². The van der Waals surface area contributed by atoms with Crippen LogP contribution in [0.1, 0.15) is 23.5 Å². The molecular weight excluding hydrogens is 384 g/mol. The van der Waals surface area contributed by atoms with Gasteiger partial charge < -0.3 is 5.73 Å². The third-order valence-electron chi connectivity index (χ3n) is 3.24. The molecule has 0 spiro atoms. The van der Waals surface area contributed by atoms with Crippen molar-refractivity contribution in [2.45, 2.75) is 29.0 Å². The van der Waals surface area contributed by atoms with E-state index in [0.717, 1.165) is 20.1 Å². The zero-order valence-electron chi connectivity index (χ0n) is 11.5. The van der Waals surface area contributed by atoms with Crippen LogP contribution in [-0.4, -0.2) is 11.0 Å². The van der Waals surface area contributed by atoms with Crippen LogP contribution in [0, 0.1) is 0 Å². The molecule has 3 aromatic rings. The highest BCUT2D eigenvalue weighted by Gasteiger charge is 2.23. The lowest BCUT2D eigenvalue weighted by Gasteiger charge is -2.19. The van der Waals surface area contributed by atoms with Crippen molar-refractivity contribution in [1.82, 2.24) is 4.98 Å². The fraction of sp³-hybridized carbons (Fsp3) is 0.267. The Labute approximate surface area is 144 Å². The molecule has 0 fully saturated rings. The van der Waals surface area contributed by atoms with Crippen molar-refractivity contribution in [2.75, 3.05) is 0 Å². The van der Waals surface area contributed by atoms with Gasteiger partial charge in [0.1, 0.15) is 0 Å². The number of halogens is 1. The van der Waals surface area contributed by atoms with Crippen molar-refractivity contribution < 1.29 is 0 Å². The highest BCUT2D eigenvalue weighted by Crippen LogP contribution is 2.44. The predicted octanol–water partition coefficient (Wildman–Crippen LogP) is 5.69. The number of para-hydroxylation sites is 1. The quantitative estimate of drug-likeness (QED) is 0.560. The van der Waals surface area contributed by atoms with E-state index in [1.807, 2.05) is 6.07 Å². The standard InChI is InChI=1S/C15H15BrN2S3/c1-2-9(17)14(12-7-8-13(16)19-12)21-15-18-10-5-3-4-6-11(10)20-15/h3-9,14H,2,17H2,1H3. The van der Waals surface area contributed by atoms with Crippen LogP contribution >= 0.6 is 50.4 Å². The first-order valence-electron chi connectivity index (χ1n) is 6.70. The second-order valence-electron chi connectivity index (χ2n) is 4.70. The molecule has 2 nitrogen and oxygen atoms in total. The second kappa shape index (κ2) is 6.79. The van der Waals surface area contributed by atoms with Gasteiger partial charge in [-0.1, -0.05) is 30.8 Å². The smallest absolute Gasteiger partial charge is 0.151 e. The van der Waals surface area contributed by atoms with Crippen LogP contribution in [0.15, 0.2) is 44.5 Å². The van der Waals surface area contributed by atoms with Crippen molar-refractivity contribution in [1.29, 1.82) is 0 Å². The number of aromatic nitrogens is 1. The third-order valence-corrected chi connectivity index (χ3v) is 7.61. The summed E-state index contributed by atoms with van der Waals surface area (Å²) in [6, 6.07) is 12.7. The lowest BCUT2D eigenvalue weighted by molar-refractivity contribution is 0.640. The molecule has 0 aliphatic rings. The fourth-order valence-electron chi connectivity index (χ4n) is 2.06. The van der Waals surface area contributed by atoms with Crippen LogP contribution in [0.2, 0.25) is 0 Å². The molecule has 0 aliphatic carbocycles. The van der Waals surface area contributed by atoms with Crippen molar-refractivity contribution in [2.24, 2.45) is 5.73 Å². The summed E-state index contributed by atoms with van der Waals surface area (Å²) in [5.41, 5.74) is 7.42. The van der Waals surface area contributed by atoms with Gasteiger partial charge in [-0.2, -0.15) is 0 Å². The molecule has 0 bridgehead atoms. The molecule has 0 saturated carbocycles. The van der Waals surface area contributed by atoms with Gasteiger partial charge in [0.2, 0.25) is 0 Å². The van der Waals surface area contributed by atoms with Gasteiger partial charge in [-0.15, -0.1) is 22.7 Å². The average Bonchev–Trinajstić information content (AvgIpc) is 3.09. The number of hydrogen-bond donors (Lipinski definition) is 1. The molecule has 3 rings (SSSR count). The zero-order chi connectivity index (χ0) is 14.8. The van der Waals surface area contributed by atoms with Gasteiger partial charge in [-0.3, -0.25) is 0 Å². The Morgan fingerprint density at radius 1 is 1.24 bits per heavy atom. The summed E-state index contributed by atoms with van der Waals surface area (Å²) in [5, 5.41) is 0.256. The van der Waals surface area contributed by atoms with Gasteiger partial charge >= 0.3 is 0 Å². The second-order valence-corrected chi connectivity index (χ2v) is 9.61. The molecule has 2 atom stereocenters. The first-order chi connectivity index (χ1) is 10.2. The summed E-state index contributed by atoms with van der Waals surface area (Å²) in [7, 11) is 0. The molecule has 21 heavy (non-hydrogen) atoms. The third kappa shape index (κ3) is 3.51. The van der Waals surface area contributed by atoms with Gasteiger partial charge in [0, 0.05) is 10.9 Å². The maximum Gasteiger partial charge on any atom is 0.151 e. The Bertz CT molecular complexity index is 704. The van der Waals surface area contributed by atoms with E-state index in [9.17, 15) is 0 Å². The lowest BCUT2D eigenvalue weighted by atomic mass is 10.1. The number of hydrogen-bond acceptors (Lipinski definition) is 5. The van der Waals surface area contributed by atoms with E-state index in [-0.39, 0.29) is 11.3 Å². The van der Waals surface area contributed by atoms with E-state index in [1.54, 1.807) is 34.4 Å². The van der Waals surface area contributed by atoms with E-state index < -0.39 is 0 Å². The Morgan fingerprint density at radius 2 is 2.05 bits per heavy atom. The number of thiazole rings is 1. The topological polar surface area (TPSA) is 38.9 Å². The molecule has 2 aromatic heterocycles. The number of nitrogens with two attached hydrogens (primary N) is 1. The maximum absolute atomic E-state index is 6.35. The Kier molecular flexibility index (Phi) is 5.01. The van der Waals surface area contributed by atoms with E-state index in [4.69, 9.17) is 10.7 Å². The number of fused-ring (bicyclic) bond motifs is 1. The van der Waals surface area contributed by atoms with Gasteiger partial charge in [-0.05, 0) is 46.6 Å². The summed E-state index contributed by atoms with van der Waals surface area (Å²) >= 11 is 8.83. The predicted molar refractivity (Wildman–Crippen MR) is 98.5 cm³/mol. The summed E-state index contributed by atoms with van der Waals surface area (Å²) in [4.78, 5) is 6.03. The molecule has 1 aromatic carbocycles. The van der Waals surface area contributed by atoms with Crippen molar-refractivity contribution in [3.8, 4) is 0 Å². The lowest BCUT2D eigenvalue weighted by Crippen LogP contribution is -2.25. The van der Waals surface area contributed by atoms with Gasteiger partial charge in [-0.25, -0.2) is 4.98 Å². The van der Waals surface area contributed by atoms with Crippen LogP contribution in [-0.2, 0) is 0 Å². The van der Waals surface area contributed by atoms with Crippen molar-refractivity contribution in [3.63, 3.8) is 0 Å². The number of benzene rings is 1. The van der Waals surface area contributed by atoms with E-state index in [2.05, 4.69) is 53.2 Å². The molecule has 2 N–H and O–H groups in total. The summed E-state index contributed by atoms with van der Waals surface area (Å²) in [6.07, 6.45) is 0.956. The first kappa shape index (κ1) is 15.5. The van der Waals surface area contributed by atoms with Gasteiger partial charge in [0.05, 0.1) is 19.3 Å². The van der Waals surface area contributed by atoms with Gasteiger partial charge in [0.25, 0.3) is 0 Å². The van der Waals surface area contributed by atoms with Gasteiger partial charge in [0.15, 0.2) is 4.34 Å². The number of thiophene rings is 1. The van der Waals surface area contributed by atoms with Crippen LogP contribution in [0.3, 0.4) is 0 Å². The molecular formula is C15H15BrN2S3. The fourth-order valence-corrected chi connectivity index (χ4v) is 6.23. The van der Waals surface area contributed by atoms with E-state index in [0.29, 0.717) is 0 Å². The molecule has 110 valence electrons. The molecule has 2 unspecified atom stereocenters. The van der Waals surface area contributed by atoms with E-state index >= 15 is 0 Å². The van der Waals surface area contributed by atoms with Crippen molar-refractivity contribution >= 4 is 60.6 Å². The Morgan fingerprint density at radius 3 is 2.71 bits per heavy atom. The molecule has 0 aliphatic heterocycles. The van der Waals surface area contributed by atoms with Crippen molar-refractivity contribution in [3.05, 3.63) is 45.1 Å². The summed E-state index contributed by atoms with van der Waals surface area (Å²) < 4.78 is 3.47. The number of nitrogens with zero attached hydrogens (tertiary/aromatic N) is 1. The number of rotatable bonds is 5. The molecule has 6 heteroatoms. The van der Waals surface area contributed by atoms with Crippen LogP contribution in [0.5, 0.6) is 0 Å². The minimum atomic E-state index is 0.132. The largest absolute Gasteiger partial charge is 0.326 e. The van der Waals surface area contributed by atoms with Crippen LogP contribution in [0.4, 0.5) is 0 Å². The number of thioether (sulfide) groups is 1. The SMILES string of the molecule is CCC(N)C(Sc1nc2ccccc2s1)c1ccc(Br)s1. The normalized spacial score (nSPS) is 14.4. The maximum atomic E-state index is 6.35.